The van der Waals surface area contributed by atoms with Crippen LogP contribution in [0.15, 0.2) is 54.6 Å². The van der Waals surface area contributed by atoms with Gasteiger partial charge in [0, 0.05) is 22.8 Å². The maximum absolute atomic E-state index is 14.5. The molecule has 36 heavy (non-hydrogen) atoms. The number of pyridine rings is 1. The highest BCUT2D eigenvalue weighted by molar-refractivity contribution is 6.02. The summed E-state index contributed by atoms with van der Waals surface area (Å²) in [5.74, 6) is -0.446. The van der Waals surface area contributed by atoms with Crippen molar-refractivity contribution >= 4 is 12.0 Å². The van der Waals surface area contributed by atoms with Gasteiger partial charge in [-0.1, -0.05) is 83.5 Å². The number of hydrogen-bond acceptors (Lipinski definition) is 4. The van der Waals surface area contributed by atoms with Crippen LogP contribution in [0.3, 0.4) is 0 Å². The Kier molecular flexibility index (Phi) is 9.40. The number of methoxy groups -OCH3 is 1. The van der Waals surface area contributed by atoms with Crippen molar-refractivity contribution in [2.45, 2.75) is 65.9 Å². The van der Waals surface area contributed by atoms with Gasteiger partial charge < -0.3 is 9.47 Å². The molecule has 0 atom stereocenters. The van der Waals surface area contributed by atoms with Crippen LogP contribution < -0.4 is 4.74 Å². The van der Waals surface area contributed by atoms with Gasteiger partial charge in [-0.3, -0.25) is 4.98 Å². The molecule has 0 amide bonds. The highest BCUT2D eigenvalue weighted by Crippen LogP contribution is 2.42. The van der Waals surface area contributed by atoms with Crippen LogP contribution >= 0.6 is 0 Å². The zero-order valence-electron chi connectivity index (χ0n) is 22.1. The number of unbranched alkanes of at least 4 members (excludes halogenated alkanes) is 1. The van der Waals surface area contributed by atoms with E-state index >= 15 is 0 Å². The molecular weight excluding hydrogens is 453 g/mol. The molecule has 5 heteroatoms. The Hall–Kier alpha value is -3.47. The van der Waals surface area contributed by atoms with Gasteiger partial charge in [0.15, 0.2) is 0 Å². The number of nitrogens with zero attached hydrogens (tertiary/aromatic N) is 1. The first-order valence-electron chi connectivity index (χ1n) is 12.6. The second-order valence-electron chi connectivity index (χ2n) is 9.45. The number of aromatic nitrogens is 1. The molecule has 4 nitrogen and oxygen atoms in total. The van der Waals surface area contributed by atoms with Crippen LogP contribution in [0.25, 0.3) is 17.2 Å². The van der Waals surface area contributed by atoms with Gasteiger partial charge in [0.25, 0.3) is 0 Å². The third-order valence-electron chi connectivity index (χ3n) is 5.97. The Bertz CT molecular complexity index is 1220. The summed E-state index contributed by atoms with van der Waals surface area (Å²) in [4.78, 5) is 18.2. The van der Waals surface area contributed by atoms with Crippen LogP contribution in [-0.2, 0) is 11.3 Å². The molecule has 0 spiro atoms. The maximum atomic E-state index is 14.5. The largest absolute Gasteiger partial charge is 0.488 e. The van der Waals surface area contributed by atoms with Gasteiger partial charge in [0.05, 0.1) is 24.1 Å². The Labute approximate surface area is 214 Å². The fourth-order valence-corrected chi connectivity index (χ4v) is 4.18. The molecule has 0 saturated heterocycles. The number of hydrogen-bond donors (Lipinski definition) is 0. The van der Waals surface area contributed by atoms with Crippen LogP contribution in [0, 0.1) is 5.82 Å². The molecule has 0 N–H and O–H groups in total. The minimum absolute atomic E-state index is 0.0295. The van der Waals surface area contributed by atoms with Gasteiger partial charge >= 0.3 is 5.97 Å². The number of ether oxygens (including phenoxy) is 2. The summed E-state index contributed by atoms with van der Waals surface area (Å²) >= 11 is 0. The number of esters is 1. The molecule has 0 aliphatic carbocycles. The fraction of sp³-hybridized carbons (Fsp3) is 0.355. The van der Waals surface area contributed by atoms with Gasteiger partial charge in [-0.15, -0.1) is 0 Å². The van der Waals surface area contributed by atoms with Crippen LogP contribution in [0.1, 0.15) is 92.2 Å². The van der Waals surface area contributed by atoms with Crippen LogP contribution in [0.2, 0.25) is 0 Å². The van der Waals surface area contributed by atoms with Crippen molar-refractivity contribution in [3.63, 3.8) is 0 Å². The summed E-state index contributed by atoms with van der Waals surface area (Å²) in [6, 6.07) is 14.2. The first-order valence-corrected chi connectivity index (χ1v) is 12.6. The molecule has 0 radical (unpaired) electrons. The van der Waals surface area contributed by atoms with E-state index in [1.54, 1.807) is 6.07 Å². The minimum Gasteiger partial charge on any atom is -0.488 e. The van der Waals surface area contributed by atoms with Gasteiger partial charge in [0.2, 0.25) is 0 Å². The number of carbonyl (C=O) groups is 1. The predicted octanol–water partition coefficient (Wildman–Crippen LogP) is 8.31. The van der Waals surface area contributed by atoms with Gasteiger partial charge in [-0.25, -0.2) is 9.18 Å². The number of carbonyl (C=O) groups excluding carboxylic acids is 1. The standard InChI is InChI=1S/C31H36FNO3/c1-7-8-10-15-25-27(28(31(34)35-6)30(21(4)5)33-29(25)20(2)3)24-17-16-23(32)18-26(24)36-19-22-13-11-9-12-14-22/h9-18,20-21H,7-8,19H2,1-6H3/b15-10+. The number of allylic oxidation sites excluding steroid dienone is 1. The Morgan fingerprint density at radius 2 is 1.72 bits per heavy atom. The number of halogens is 1. The van der Waals surface area contributed by atoms with Crippen LogP contribution in [-0.4, -0.2) is 18.1 Å². The van der Waals surface area contributed by atoms with Crippen molar-refractivity contribution in [3.05, 3.63) is 88.5 Å². The molecule has 2 aromatic carbocycles. The monoisotopic (exact) mass is 489 g/mol. The SMILES string of the molecule is CCC/C=C/c1c(C(C)C)nc(C(C)C)c(C(=O)OC)c1-c1ccc(F)cc1OCc1ccccc1. The lowest BCUT2D eigenvalue weighted by Crippen LogP contribution is -2.16. The maximum Gasteiger partial charge on any atom is 0.340 e. The van der Waals surface area contributed by atoms with Gasteiger partial charge in [-0.05, 0) is 36.0 Å². The zero-order valence-corrected chi connectivity index (χ0v) is 22.1. The highest BCUT2D eigenvalue weighted by atomic mass is 19.1. The quantitative estimate of drug-likeness (QED) is 0.269. The summed E-state index contributed by atoms with van der Waals surface area (Å²) in [6.07, 6.45) is 6.00. The summed E-state index contributed by atoms with van der Waals surface area (Å²) in [6.45, 7) is 10.6. The molecule has 1 aromatic heterocycles. The third-order valence-corrected chi connectivity index (χ3v) is 5.97. The highest BCUT2D eigenvalue weighted by Gasteiger charge is 2.29. The predicted molar refractivity (Wildman–Crippen MR) is 144 cm³/mol. The molecule has 0 aliphatic heterocycles. The smallest absolute Gasteiger partial charge is 0.340 e. The molecule has 0 bridgehead atoms. The van der Waals surface area contributed by atoms with E-state index in [1.807, 2.05) is 50.3 Å². The number of benzene rings is 2. The van der Waals surface area contributed by atoms with Crippen molar-refractivity contribution in [3.8, 4) is 16.9 Å². The van der Waals surface area contributed by atoms with Gasteiger partial charge in [0.1, 0.15) is 18.2 Å². The number of rotatable bonds is 10. The van der Waals surface area contributed by atoms with E-state index in [4.69, 9.17) is 14.5 Å². The molecule has 3 rings (SSSR count). The molecule has 1 heterocycles. The van der Waals surface area contributed by atoms with E-state index in [0.717, 1.165) is 29.7 Å². The second kappa shape index (κ2) is 12.5. The third kappa shape index (κ3) is 6.20. The lowest BCUT2D eigenvalue weighted by molar-refractivity contribution is 0.0599. The van der Waals surface area contributed by atoms with E-state index in [2.05, 4.69) is 26.8 Å². The lowest BCUT2D eigenvalue weighted by Gasteiger charge is -2.23. The summed E-state index contributed by atoms with van der Waals surface area (Å²) in [5, 5.41) is 0. The Morgan fingerprint density at radius 1 is 1.03 bits per heavy atom. The van der Waals surface area contributed by atoms with Crippen molar-refractivity contribution < 1.29 is 18.7 Å². The minimum atomic E-state index is -0.472. The van der Waals surface area contributed by atoms with Crippen molar-refractivity contribution in [1.29, 1.82) is 0 Å². The Balaban J connectivity index is 2.36. The van der Waals surface area contributed by atoms with Gasteiger partial charge in [-0.2, -0.15) is 0 Å². The molecule has 3 aromatic rings. The van der Waals surface area contributed by atoms with Crippen molar-refractivity contribution in [2.24, 2.45) is 0 Å². The summed E-state index contributed by atoms with van der Waals surface area (Å²) in [5.41, 5.74) is 5.03. The van der Waals surface area contributed by atoms with Crippen LogP contribution in [0.4, 0.5) is 4.39 Å². The Morgan fingerprint density at radius 3 is 2.33 bits per heavy atom. The van der Waals surface area contributed by atoms with E-state index < -0.39 is 11.8 Å². The van der Waals surface area contributed by atoms with Crippen molar-refractivity contribution in [1.82, 2.24) is 4.98 Å². The summed E-state index contributed by atoms with van der Waals surface area (Å²) in [7, 11) is 1.37. The molecule has 0 fully saturated rings. The van der Waals surface area contributed by atoms with E-state index in [0.29, 0.717) is 28.1 Å². The van der Waals surface area contributed by atoms with E-state index in [1.165, 1.54) is 19.2 Å². The lowest BCUT2D eigenvalue weighted by atomic mass is 9.86. The zero-order chi connectivity index (χ0) is 26.2. The first-order chi connectivity index (χ1) is 17.3. The fourth-order valence-electron chi connectivity index (χ4n) is 4.18. The molecule has 0 aliphatic rings. The average Bonchev–Trinajstić information content (AvgIpc) is 2.87. The van der Waals surface area contributed by atoms with Crippen LogP contribution in [0.5, 0.6) is 5.75 Å². The van der Waals surface area contributed by atoms with Crippen molar-refractivity contribution in [2.75, 3.05) is 7.11 Å². The second-order valence-corrected chi connectivity index (χ2v) is 9.45. The molecule has 0 saturated carbocycles. The molecule has 0 unspecified atom stereocenters. The molecule has 190 valence electrons. The molecular formula is C31H36FNO3. The average molecular weight is 490 g/mol. The normalized spacial score (nSPS) is 11.5. The van der Waals surface area contributed by atoms with E-state index in [-0.39, 0.29) is 18.4 Å². The summed E-state index contributed by atoms with van der Waals surface area (Å²) < 4.78 is 25.9. The topological polar surface area (TPSA) is 48.4 Å². The first kappa shape index (κ1) is 27.1. The van der Waals surface area contributed by atoms with E-state index in [9.17, 15) is 9.18 Å².